The summed E-state index contributed by atoms with van der Waals surface area (Å²) in [7, 11) is 0. The fourth-order valence-corrected chi connectivity index (χ4v) is 4.93. The van der Waals surface area contributed by atoms with Gasteiger partial charge in [0.25, 0.3) is 5.78 Å². The Hall–Kier alpha value is -4.33. The van der Waals surface area contributed by atoms with Crippen LogP contribution in [0.1, 0.15) is 23.2 Å². The molecule has 4 aromatic heterocycles. The number of hydrogen-bond acceptors (Lipinski definition) is 12. The summed E-state index contributed by atoms with van der Waals surface area (Å²) in [5.74, 6) is 2.19. The molecule has 2 aliphatic heterocycles. The molecule has 6 heterocycles. The van der Waals surface area contributed by atoms with Crippen molar-refractivity contribution in [2.75, 3.05) is 61.3 Å². The van der Waals surface area contributed by atoms with E-state index < -0.39 is 5.97 Å². The molecule has 3 N–H and O–H groups in total. The normalized spacial score (nSPS) is 19.0. The number of carboxylic acid groups (broad SMARTS) is 1. The van der Waals surface area contributed by atoms with Crippen LogP contribution in [0.2, 0.25) is 0 Å². The van der Waals surface area contributed by atoms with Crippen LogP contribution in [-0.2, 0) is 0 Å². The third kappa shape index (κ3) is 4.74. The average molecular weight is 506 g/mol. The van der Waals surface area contributed by atoms with E-state index in [1.54, 1.807) is 18.4 Å². The Labute approximate surface area is 211 Å². The lowest BCUT2D eigenvalue weighted by Crippen LogP contribution is -2.50. The predicted octanol–water partition coefficient (Wildman–Crippen LogP) is 0.888. The van der Waals surface area contributed by atoms with Gasteiger partial charge in [0, 0.05) is 58.2 Å². The lowest BCUT2D eigenvalue weighted by Gasteiger charge is -2.39. The van der Waals surface area contributed by atoms with Gasteiger partial charge in [-0.05, 0) is 30.9 Å². The Bertz CT molecular complexity index is 1380. The van der Waals surface area contributed by atoms with E-state index in [4.69, 9.17) is 15.3 Å². The van der Waals surface area contributed by atoms with Crippen molar-refractivity contribution in [3.8, 4) is 11.6 Å². The summed E-state index contributed by atoms with van der Waals surface area (Å²) in [5, 5.41) is 13.4. The van der Waals surface area contributed by atoms with E-state index in [9.17, 15) is 4.79 Å². The Morgan fingerprint density at radius 2 is 1.86 bits per heavy atom. The maximum Gasteiger partial charge on any atom is 0.338 e. The zero-order chi connectivity index (χ0) is 25.4. The van der Waals surface area contributed by atoms with Gasteiger partial charge in [0.1, 0.15) is 0 Å². The monoisotopic (exact) mass is 505 g/mol. The van der Waals surface area contributed by atoms with Crippen molar-refractivity contribution in [3.63, 3.8) is 0 Å². The van der Waals surface area contributed by atoms with Crippen LogP contribution in [0.4, 0.5) is 17.8 Å². The highest BCUT2D eigenvalue weighted by atomic mass is 16.4. The standard InChI is InChI=1S/C23H27N11O3/c24-20-28-22(29-23-27-18(30-34(20)23)17-4-2-10-37-17)33-5-1-3-15(14-33)13-31-6-8-32(9-7-31)21-25-11-16(12-26-21)19(35)36/h2,4,10-12,15H,1,3,5-9,13-14H2,(H,35,36)(H2,24,27,28,29,30). The number of aromatic carboxylic acids is 1. The first kappa shape index (κ1) is 23.1. The summed E-state index contributed by atoms with van der Waals surface area (Å²) in [6.07, 6.45) is 6.48. The number of anilines is 3. The summed E-state index contributed by atoms with van der Waals surface area (Å²) in [6, 6.07) is 3.57. The van der Waals surface area contributed by atoms with Gasteiger partial charge < -0.3 is 25.1 Å². The van der Waals surface area contributed by atoms with Crippen LogP contribution in [0, 0.1) is 5.92 Å². The molecule has 192 valence electrons. The second-order valence-electron chi connectivity index (χ2n) is 9.33. The number of piperidine rings is 1. The minimum Gasteiger partial charge on any atom is -0.478 e. The van der Waals surface area contributed by atoms with Gasteiger partial charge in [-0.2, -0.15) is 19.5 Å². The minimum atomic E-state index is -1.02. The van der Waals surface area contributed by atoms with Crippen LogP contribution in [-0.4, -0.2) is 96.3 Å². The zero-order valence-corrected chi connectivity index (χ0v) is 20.1. The maximum absolute atomic E-state index is 11.0. The summed E-state index contributed by atoms with van der Waals surface area (Å²) in [6.45, 7) is 6.07. The van der Waals surface area contributed by atoms with Crippen molar-refractivity contribution in [2.24, 2.45) is 5.92 Å². The molecule has 6 rings (SSSR count). The third-order valence-corrected chi connectivity index (χ3v) is 6.82. The molecule has 0 radical (unpaired) electrons. The third-order valence-electron chi connectivity index (χ3n) is 6.82. The van der Waals surface area contributed by atoms with Crippen molar-refractivity contribution >= 4 is 29.6 Å². The highest BCUT2D eigenvalue weighted by Gasteiger charge is 2.27. The number of hydrogen-bond donors (Lipinski definition) is 2. The van der Waals surface area contributed by atoms with E-state index in [2.05, 4.69) is 44.7 Å². The Kier molecular flexibility index (Phi) is 6.00. The Morgan fingerprint density at radius 3 is 2.59 bits per heavy atom. The number of carboxylic acids is 1. The van der Waals surface area contributed by atoms with Crippen molar-refractivity contribution in [1.29, 1.82) is 0 Å². The van der Waals surface area contributed by atoms with Gasteiger partial charge >= 0.3 is 5.97 Å². The second-order valence-corrected chi connectivity index (χ2v) is 9.33. The molecule has 0 saturated carbocycles. The SMILES string of the molecule is Nc1nc(N2CCCC(CN3CCN(c4ncc(C(=O)O)cn4)CC3)C2)nc2nc(-c3ccco3)nn12. The van der Waals surface area contributed by atoms with Crippen molar-refractivity contribution in [1.82, 2.24) is 39.4 Å². The van der Waals surface area contributed by atoms with E-state index in [0.29, 0.717) is 35.2 Å². The summed E-state index contributed by atoms with van der Waals surface area (Å²) in [4.78, 5) is 39.8. The number of nitrogens with zero attached hydrogens (tertiary/aromatic N) is 10. The molecule has 2 fully saturated rings. The summed E-state index contributed by atoms with van der Waals surface area (Å²) >= 11 is 0. The number of fused-ring (bicyclic) bond motifs is 1. The molecule has 14 nitrogen and oxygen atoms in total. The topological polar surface area (TPSA) is 168 Å². The van der Waals surface area contributed by atoms with E-state index in [0.717, 1.165) is 58.7 Å². The van der Waals surface area contributed by atoms with E-state index in [1.165, 1.54) is 16.9 Å². The molecule has 2 aliphatic rings. The quantitative estimate of drug-likeness (QED) is 0.379. The fourth-order valence-electron chi connectivity index (χ4n) is 4.93. The lowest BCUT2D eigenvalue weighted by molar-refractivity contribution is 0.0696. The van der Waals surface area contributed by atoms with Gasteiger partial charge in [0.15, 0.2) is 5.76 Å². The molecule has 0 aliphatic carbocycles. The maximum atomic E-state index is 11.0. The summed E-state index contributed by atoms with van der Waals surface area (Å²) < 4.78 is 6.82. The largest absolute Gasteiger partial charge is 0.478 e. The molecule has 4 aromatic rings. The van der Waals surface area contributed by atoms with Gasteiger partial charge in [-0.15, -0.1) is 5.10 Å². The molecule has 1 atom stereocenters. The molecule has 14 heteroatoms. The zero-order valence-electron chi connectivity index (χ0n) is 20.1. The Morgan fingerprint density at radius 1 is 1.05 bits per heavy atom. The Balaban J connectivity index is 1.08. The molecule has 0 amide bonds. The van der Waals surface area contributed by atoms with Crippen molar-refractivity contribution < 1.29 is 14.3 Å². The number of nitrogens with two attached hydrogens (primary N) is 1. The van der Waals surface area contributed by atoms with Crippen LogP contribution in [0.5, 0.6) is 0 Å². The van der Waals surface area contributed by atoms with Crippen LogP contribution < -0.4 is 15.5 Å². The first-order valence-corrected chi connectivity index (χ1v) is 12.3. The van der Waals surface area contributed by atoms with Gasteiger partial charge in [0.2, 0.25) is 23.7 Å². The average Bonchev–Trinajstić information content (AvgIpc) is 3.60. The van der Waals surface area contributed by atoms with E-state index >= 15 is 0 Å². The highest BCUT2D eigenvalue weighted by molar-refractivity contribution is 5.86. The van der Waals surface area contributed by atoms with Crippen molar-refractivity contribution in [2.45, 2.75) is 12.8 Å². The number of aromatic nitrogens is 7. The van der Waals surface area contributed by atoms with Crippen LogP contribution in [0.3, 0.4) is 0 Å². The van der Waals surface area contributed by atoms with Gasteiger partial charge in [-0.1, -0.05) is 0 Å². The first-order valence-electron chi connectivity index (χ1n) is 12.3. The number of rotatable bonds is 6. The van der Waals surface area contributed by atoms with Crippen molar-refractivity contribution in [3.05, 3.63) is 36.4 Å². The minimum absolute atomic E-state index is 0.0936. The van der Waals surface area contributed by atoms with Gasteiger partial charge in [-0.25, -0.2) is 14.8 Å². The smallest absolute Gasteiger partial charge is 0.338 e. The fraction of sp³-hybridized carbons (Fsp3) is 0.435. The van der Waals surface area contributed by atoms with Gasteiger partial charge in [-0.3, -0.25) is 4.90 Å². The van der Waals surface area contributed by atoms with E-state index in [-0.39, 0.29) is 11.5 Å². The number of carbonyl (C=O) groups is 1. The van der Waals surface area contributed by atoms with Crippen LogP contribution in [0.15, 0.2) is 35.2 Å². The second kappa shape index (κ2) is 9.61. The highest BCUT2D eigenvalue weighted by Crippen LogP contribution is 2.24. The molecular weight excluding hydrogens is 478 g/mol. The molecule has 37 heavy (non-hydrogen) atoms. The molecule has 0 spiro atoms. The number of nitrogen functional groups attached to an aromatic ring is 1. The molecule has 0 bridgehead atoms. The molecule has 2 saturated heterocycles. The summed E-state index contributed by atoms with van der Waals surface area (Å²) in [5.41, 5.74) is 6.29. The van der Waals surface area contributed by atoms with Crippen LogP contribution in [0.25, 0.3) is 17.4 Å². The lowest BCUT2D eigenvalue weighted by atomic mass is 9.97. The van der Waals surface area contributed by atoms with E-state index in [1.807, 2.05) is 0 Å². The molecule has 1 unspecified atom stereocenters. The molecule has 0 aromatic carbocycles. The van der Waals surface area contributed by atoms with Crippen LogP contribution >= 0.6 is 0 Å². The molecular formula is C23H27N11O3. The predicted molar refractivity (Wildman–Crippen MR) is 133 cm³/mol. The first-order chi connectivity index (χ1) is 18.0. The van der Waals surface area contributed by atoms with Gasteiger partial charge in [0.05, 0.1) is 11.8 Å². The number of piperazine rings is 1. The number of furan rings is 1.